The van der Waals surface area contributed by atoms with Crippen LogP contribution in [0, 0.1) is 0 Å². The largest absolute Gasteiger partial charge is 0.444 e. The molecule has 3 amide bonds. The van der Waals surface area contributed by atoms with E-state index >= 15 is 0 Å². The summed E-state index contributed by atoms with van der Waals surface area (Å²) in [6.45, 7) is 2.80. The minimum atomic E-state index is -4.78. The van der Waals surface area contributed by atoms with E-state index in [4.69, 9.17) is 19.7 Å². The molecule has 0 aliphatic carbocycles. The van der Waals surface area contributed by atoms with Gasteiger partial charge in [-0.25, -0.2) is 19.6 Å². The van der Waals surface area contributed by atoms with Crippen LogP contribution in [0.25, 0.3) is 11.5 Å². The molecule has 1 aromatic carbocycles. The van der Waals surface area contributed by atoms with Gasteiger partial charge < -0.3 is 25.0 Å². The van der Waals surface area contributed by atoms with Crippen LogP contribution in [0.3, 0.4) is 0 Å². The first-order chi connectivity index (χ1) is 20.6. The Morgan fingerprint density at radius 2 is 1.80 bits per heavy atom. The highest BCUT2D eigenvalue weighted by atomic mass is 19.4. The molecule has 0 saturated heterocycles. The Balaban J connectivity index is 1.54. The number of halogens is 3. The van der Waals surface area contributed by atoms with Gasteiger partial charge in [0.1, 0.15) is 24.2 Å². The second-order valence-electron chi connectivity index (χ2n) is 9.98. The molecule has 0 bridgehead atoms. The molecule has 0 atom stereocenters. The number of hydrogen-bond donors (Lipinski definition) is 2. The average Bonchev–Trinajstić information content (AvgIpc) is 3.59. The van der Waals surface area contributed by atoms with E-state index < -0.39 is 53.7 Å². The Bertz CT molecular complexity index is 1700. The zero-order valence-corrected chi connectivity index (χ0v) is 23.3. The molecule has 0 saturated carbocycles. The number of anilines is 2. The van der Waals surface area contributed by atoms with Gasteiger partial charge in [0.05, 0.1) is 17.4 Å². The lowest BCUT2D eigenvalue weighted by atomic mass is 10.2. The van der Waals surface area contributed by atoms with Gasteiger partial charge in [-0.1, -0.05) is 23.0 Å². The molecule has 17 heteroatoms. The molecule has 230 valence electrons. The van der Waals surface area contributed by atoms with E-state index in [2.05, 4.69) is 20.4 Å². The van der Waals surface area contributed by atoms with Crippen LogP contribution in [-0.4, -0.2) is 62.1 Å². The number of alkyl halides is 3. The average molecular weight is 616 g/mol. The van der Waals surface area contributed by atoms with Gasteiger partial charge in [0.25, 0.3) is 11.8 Å². The summed E-state index contributed by atoms with van der Waals surface area (Å²) in [7, 11) is 0. The van der Waals surface area contributed by atoms with E-state index in [9.17, 15) is 32.3 Å². The molecule has 4 aromatic rings. The predicted octanol–water partition coefficient (Wildman–Crippen LogP) is 3.86. The number of aromatic nitrogens is 4. The van der Waals surface area contributed by atoms with Crippen molar-refractivity contribution in [2.45, 2.75) is 32.5 Å². The molecular weight excluding hydrogens is 591 g/mol. The Morgan fingerprint density at radius 3 is 2.43 bits per heavy atom. The molecule has 14 nitrogen and oxygen atoms in total. The van der Waals surface area contributed by atoms with Gasteiger partial charge in [-0.15, -0.1) is 5.10 Å². The van der Waals surface area contributed by atoms with Crippen molar-refractivity contribution in [3.05, 3.63) is 78.1 Å². The molecule has 0 aliphatic heterocycles. The van der Waals surface area contributed by atoms with E-state index in [0.717, 1.165) is 24.7 Å². The van der Waals surface area contributed by atoms with E-state index in [0.29, 0.717) is 9.75 Å². The summed E-state index contributed by atoms with van der Waals surface area (Å²) in [6.07, 6.45) is -2.98. The number of ether oxygens (including phenoxy) is 1. The zero-order valence-electron chi connectivity index (χ0n) is 23.3. The first-order valence-corrected chi connectivity index (χ1v) is 12.6. The van der Waals surface area contributed by atoms with Crippen molar-refractivity contribution in [1.29, 1.82) is 0 Å². The summed E-state index contributed by atoms with van der Waals surface area (Å²) < 4.78 is 50.3. The number of carbonyl (C=O) groups is 4. The molecule has 3 aromatic heterocycles. The van der Waals surface area contributed by atoms with E-state index in [-0.39, 0.29) is 28.4 Å². The number of nitrogens with one attached hydrogen (secondary N) is 1. The van der Waals surface area contributed by atoms with Crippen LogP contribution in [-0.2, 0) is 4.74 Å². The Kier molecular flexibility index (Phi) is 8.68. The molecule has 0 aliphatic rings. The number of amides is 3. The second-order valence-corrected chi connectivity index (χ2v) is 9.98. The van der Waals surface area contributed by atoms with E-state index in [1.54, 1.807) is 18.2 Å². The summed E-state index contributed by atoms with van der Waals surface area (Å²) in [5.74, 6) is -3.38. The lowest BCUT2D eigenvalue weighted by Crippen LogP contribution is -2.42. The highest BCUT2D eigenvalue weighted by Gasteiger charge is 2.36. The maximum absolute atomic E-state index is 13.3. The third-order valence-electron chi connectivity index (χ3n) is 5.32. The van der Waals surface area contributed by atoms with Gasteiger partial charge in [0.15, 0.2) is 11.4 Å². The topological polar surface area (TPSA) is 185 Å². The smallest absolute Gasteiger partial charge is 0.416 e. The monoisotopic (exact) mass is 615 g/mol. The van der Waals surface area contributed by atoms with Crippen LogP contribution in [0.4, 0.5) is 29.5 Å². The molecular formula is C27H24F3N7O7. The van der Waals surface area contributed by atoms with Crippen LogP contribution >= 0.6 is 0 Å². The molecule has 3 N–H and O–H groups in total. The Morgan fingerprint density at radius 1 is 1.09 bits per heavy atom. The SMILES string of the molecule is CC(C)(C)OC(=O)N(CC(F)(F)F)c1cc(-c2nc(C(=O)Nc3cn(OC(=O)c4ccccc4)nc3C(N)=O)co2)ccn1. The van der Waals surface area contributed by atoms with Crippen molar-refractivity contribution < 1.29 is 46.3 Å². The minimum Gasteiger partial charge on any atom is -0.444 e. The number of benzene rings is 1. The van der Waals surface area contributed by atoms with Gasteiger partial charge in [-0.2, -0.15) is 13.2 Å². The van der Waals surface area contributed by atoms with Crippen LogP contribution in [0.2, 0.25) is 0 Å². The lowest BCUT2D eigenvalue weighted by molar-refractivity contribution is -0.119. The standard InChI is InChI=1S/C27H24F3N7O7/c1-26(2,3)43-25(41)36(14-27(28,29)30)19-11-16(9-10-32-19)23-34-18(13-42-23)22(39)33-17-12-37(35-20(17)21(31)38)44-24(40)15-7-5-4-6-8-15/h4-13H,14H2,1-3H3,(H2,31,38)(H,33,39). The van der Waals surface area contributed by atoms with E-state index in [1.807, 2.05) is 0 Å². The predicted molar refractivity (Wildman–Crippen MR) is 145 cm³/mol. The molecule has 0 spiro atoms. The van der Waals surface area contributed by atoms with Gasteiger partial charge in [-0.3, -0.25) is 14.5 Å². The van der Waals surface area contributed by atoms with Crippen LogP contribution in [0.15, 0.2) is 65.5 Å². The molecule has 3 heterocycles. The number of oxazole rings is 1. The van der Waals surface area contributed by atoms with E-state index in [1.165, 1.54) is 39.0 Å². The molecule has 0 radical (unpaired) electrons. The number of pyridine rings is 1. The first kappa shape index (κ1) is 31.2. The minimum absolute atomic E-state index is 0.0725. The van der Waals surface area contributed by atoms with Crippen molar-refractivity contribution >= 4 is 35.4 Å². The Labute approximate surface area is 246 Å². The third-order valence-corrected chi connectivity index (χ3v) is 5.32. The van der Waals surface area contributed by atoms with Crippen LogP contribution in [0.5, 0.6) is 0 Å². The summed E-state index contributed by atoms with van der Waals surface area (Å²) in [4.78, 5) is 63.6. The second kappa shape index (κ2) is 12.2. The maximum Gasteiger partial charge on any atom is 0.416 e. The number of carbonyl (C=O) groups excluding carboxylic acids is 4. The summed E-state index contributed by atoms with van der Waals surface area (Å²) in [5.41, 5.74) is 3.54. The molecule has 44 heavy (non-hydrogen) atoms. The number of primary amides is 1. The third kappa shape index (κ3) is 7.96. The fraction of sp³-hybridized carbons (Fsp3) is 0.222. The summed E-state index contributed by atoms with van der Waals surface area (Å²) in [5, 5.41) is 6.13. The quantitative estimate of drug-likeness (QED) is 0.295. The fourth-order valence-corrected chi connectivity index (χ4v) is 3.52. The van der Waals surface area contributed by atoms with Gasteiger partial charge in [-0.05, 0) is 45.0 Å². The van der Waals surface area contributed by atoms with Gasteiger partial charge in [0.2, 0.25) is 5.89 Å². The van der Waals surface area contributed by atoms with Crippen molar-refractivity contribution in [3.8, 4) is 11.5 Å². The van der Waals surface area contributed by atoms with Crippen LogP contribution < -0.4 is 20.8 Å². The molecule has 4 rings (SSSR count). The molecule has 0 unspecified atom stereocenters. The normalized spacial score (nSPS) is 11.5. The van der Waals surface area contributed by atoms with Crippen molar-refractivity contribution in [3.63, 3.8) is 0 Å². The maximum atomic E-state index is 13.3. The number of nitrogens with two attached hydrogens (primary N) is 1. The number of rotatable bonds is 8. The highest BCUT2D eigenvalue weighted by molar-refractivity contribution is 6.07. The number of hydrogen-bond acceptors (Lipinski definition) is 10. The van der Waals surface area contributed by atoms with Crippen molar-refractivity contribution in [1.82, 2.24) is 19.9 Å². The lowest BCUT2D eigenvalue weighted by Gasteiger charge is -2.27. The van der Waals surface area contributed by atoms with Gasteiger partial charge in [0, 0.05) is 11.8 Å². The molecule has 0 fully saturated rings. The summed E-state index contributed by atoms with van der Waals surface area (Å²) >= 11 is 0. The highest BCUT2D eigenvalue weighted by Crippen LogP contribution is 2.27. The van der Waals surface area contributed by atoms with Crippen molar-refractivity contribution in [2.24, 2.45) is 5.73 Å². The van der Waals surface area contributed by atoms with Crippen LogP contribution in [0.1, 0.15) is 52.1 Å². The van der Waals surface area contributed by atoms with Crippen molar-refractivity contribution in [2.75, 3.05) is 16.8 Å². The zero-order chi connectivity index (χ0) is 32.2. The first-order valence-electron chi connectivity index (χ1n) is 12.6. The summed E-state index contributed by atoms with van der Waals surface area (Å²) in [6, 6.07) is 10.3. The van der Waals surface area contributed by atoms with Gasteiger partial charge >= 0.3 is 18.2 Å². The number of nitrogens with zero attached hydrogens (tertiary/aromatic N) is 5. The Hall–Kier alpha value is -5.74. The fourth-order valence-electron chi connectivity index (χ4n) is 3.52.